The summed E-state index contributed by atoms with van der Waals surface area (Å²) in [5.41, 5.74) is 2.03. The fraction of sp³-hybridized carbons (Fsp3) is 0.450. The van der Waals surface area contributed by atoms with Crippen molar-refractivity contribution in [3.8, 4) is 0 Å². The Morgan fingerprint density at radius 2 is 1.70 bits per heavy atom. The molecule has 1 aliphatic heterocycles. The fourth-order valence-electron chi connectivity index (χ4n) is 2.99. The van der Waals surface area contributed by atoms with Crippen molar-refractivity contribution < 1.29 is 23.9 Å². The molecule has 0 bridgehead atoms. The average molecular weight is 374 g/mol. The van der Waals surface area contributed by atoms with Crippen molar-refractivity contribution in [1.29, 1.82) is 0 Å². The van der Waals surface area contributed by atoms with Gasteiger partial charge in [0, 0.05) is 12.2 Å². The zero-order valence-electron chi connectivity index (χ0n) is 16.4. The van der Waals surface area contributed by atoms with Crippen LogP contribution < -0.4 is 5.32 Å². The van der Waals surface area contributed by atoms with Crippen LogP contribution in [0.1, 0.15) is 49.2 Å². The van der Waals surface area contributed by atoms with E-state index in [-0.39, 0.29) is 6.03 Å². The molecule has 7 heteroatoms. The molecule has 1 aliphatic rings. The molecule has 0 fully saturated rings. The molecular formula is C20H26N2O5. The summed E-state index contributed by atoms with van der Waals surface area (Å²) in [6, 6.07) is 5.68. The van der Waals surface area contributed by atoms with Crippen LogP contribution in [0.4, 0.5) is 4.79 Å². The number of carbonyl (C=O) groups excluding carboxylic acids is 3. The average Bonchev–Trinajstić information content (AvgIpc) is 2.66. The van der Waals surface area contributed by atoms with E-state index in [1.54, 1.807) is 36.1 Å². The second kappa shape index (κ2) is 8.70. The van der Waals surface area contributed by atoms with Crippen LogP contribution in [0.2, 0.25) is 0 Å². The van der Waals surface area contributed by atoms with E-state index in [0.29, 0.717) is 34.9 Å². The summed E-state index contributed by atoms with van der Waals surface area (Å²) in [6.45, 7) is 6.42. The summed E-state index contributed by atoms with van der Waals surface area (Å²) in [6.07, 6.45) is 0.817. The predicted octanol–water partition coefficient (Wildman–Crippen LogP) is 3.03. The van der Waals surface area contributed by atoms with Crippen molar-refractivity contribution in [2.24, 2.45) is 5.92 Å². The van der Waals surface area contributed by atoms with E-state index in [2.05, 4.69) is 19.2 Å². The molecule has 1 atom stereocenters. The van der Waals surface area contributed by atoms with Gasteiger partial charge in [-0.2, -0.15) is 0 Å². The second-order valence-corrected chi connectivity index (χ2v) is 6.82. The zero-order valence-corrected chi connectivity index (χ0v) is 16.4. The molecule has 0 radical (unpaired) electrons. The van der Waals surface area contributed by atoms with Gasteiger partial charge in [0.1, 0.15) is 0 Å². The van der Waals surface area contributed by atoms with Gasteiger partial charge in [0.25, 0.3) is 0 Å². The molecule has 0 unspecified atom stereocenters. The Balaban J connectivity index is 2.41. The number of benzene rings is 1. The van der Waals surface area contributed by atoms with Gasteiger partial charge < -0.3 is 14.8 Å². The quantitative estimate of drug-likeness (QED) is 0.774. The molecule has 2 amide bonds. The Morgan fingerprint density at radius 3 is 2.22 bits per heavy atom. The largest absolute Gasteiger partial charge is 0.466 e. The highest BCUT2D eigenvalue weighted by Crippen LogP contribution is 2.31. The topological polar surface area (TPSA) is 84.9 Å². The van der Waals surface area contributed by atoms with Gasteiger partial charge in [-0.15, -0.1) is 0 Å². The van der Waals surface area contributed by atoms with Gasteiger partial charge in [-0.25, -0.2) is 14.4 Å². The van der Waals surface area contributed by atoms with E-state index in [4.69, 9.17) is 9.47 Å². The number of rotatable bonds is 6. The Morgan fingerprint density at radius 1 is 1.11 bits per heavy atom. The highest BCUT2D eigenvalue weighted by Gasteiger charge is 2.36. The number of hydrogen-bond acceptors (Lipinski definition) is 5. The van der Waals surface area contributed by atoms with Crippen molar-refractivity contribution in [2.75, 3.05) is 20.8 Å². The monoisotopic (exact) mass is 374 g/mol. The maximum atomic E-state index is 12.6. The Kier molecular flexibility index (Phi) is 6.60. The smallest absolute Gasteiger partial charge is 0.337 e. The Hall–Kier alpha value is -2.83. The number of amides is 2. The van der Waals surface area contributed by atoms with Crippen LogP contribution in [-0.4, -0.2) is 43.6 Å². The van der Waals surface area contributed by atoms with Gasteiger partial charge >= 0.3 is 18.0 Å². The standard InChI is InChI=1S/C20H26N2O5/c1-12(2)10-11-22-13(3)16(19(24)27-5)17(21-20(22)25)14-6-8-15(9-7-14)18(23)26-4/h6-9,12,17H,10-11H2,1-5H3,(H,21,25)/t17-/m1/s1. The molecule has 0 aliphatic carbocycles. The number of urea groups is 1. The van der Waals surface area contributed by atoms with Gasteiger partial charge in [0.05, 0.1) is 31.4 Å². The van der Waals surface area contributed by atoms with Crippen LogP contribution in [0.5, 0.6) is 0 Å². The van der Waals surface area contributed by atoms with E-state index in [1.165, 1.54) is 14.2 Å². The third-order valence-electron chi connectivity index (χ3n) is 4.60. The molecule has 0 saturated heterocycles. The minimum atomic E-state index is -0.646. The summed E-state index contributed by atoms with van der Waals surface area (Å²) in [4.78, 5) is 38.3. The molecule has 1 aromatic rings. The SMILES string of the molecule is COC(=O)C1=C(C)N(CCC(C)C)C(=O)N[C@@H]1c1ccc(C(=O)OC)cc1. The maximum absolute atomic E-state index is 12.6. The van der Waals surface area contributed by atoms with E-state index in [9.17, 15) is 14.4 Å². The lowest BCUT2D eigenvalue weighted by atomic mass is 9.94. The summed E-state index contributed by atoms with van der Waals surface area (Å²) in [5.74, 6) is -0.520. The Bertz CT molecular complexity index is 752. The van der Waals surface area contributed by atoms with Gasteiger partial charge in [0.2, 0.25) is 0 Å². The van der Waals surface area contributed by atoms with Crippen LogP contribution in [0.25, 0.3) is 0 Å². The molecule has 0 saturated carbocycles. The van der Waals surface area contributed by atoms with Crippen molar-refractivity contribution >= 4 is 18.0 Å². The first-order valence-electron chi connectivity index (χ1n) is 8.85. The highest BCUT2D eigenvalue weighted by atomic mass is 16.5. The molecule has 0 spiro atoms. The summed E-state index contributed by atoms with van der Waals surface area (Å²) in [7, 11) is 2.62. The van der Waals surface area contributed by atoms with E-state index in [0.717, 1.165) is 6.42 Å². The third-order valence-corrected chi connectivity index (χ3v) is 4.60. The first-order valence-corrected chi connectivity index (χ1v) is 8.85. The molecule has 1 heterocycles. The van der Waals surface area contributed by atoms with Gasteiger partial charge in [-0.05, 0) is 37.0 Å². The zero-order chi connectivity index (χ0) is 20.1. The van der Waals surface area contributed by atoms with Crippen LogP contribution in [0.3, 0.4) is 0 Å². The van der Waals surface area contributed by atoms with Crippen molar-refractivity contribution in [3.63, 3.8) is 0 Å². The minimum absolute atomic E-state index is 0.261. The fourth-order valence-corrected chi connectivity index (χ4v) is 2.99. The van der Waals surface area contributed by atoms with Crippen LogP contribution in [0, 0.1) is 5.92 Å². The molecule has 0 aromatic heterocycles. The third kappa shape index (κ3) is 4.48. The normalized spacial score (nSPS) is 17.0. The molecule has 27 heavy (non-hydrogen) atoms. The summed E-state index contributed by atoms with van der Waals surface area (Å²) in [5, 5.41) is 2.88. The van der Waals surface area contributed by atoms with Crippen LogP contribution >= 0.6 is 0 Å². The Labute approximate surface area is 159 Å². The molecular weight excluding hydrogens is 348 g/mol. The van der Waals surface area contributed by atoms with E-state index < -0.39 is 18.0 Å². The minimum Gasteiger partial charge on any atom is -0.466 e. The molecule has 146 valence electrons. The number of carbonyl (C=O) groups is 3. The first-order chi connectivity index (χ1) is 12.8. The van der Waals surface area contributed by atoms with Crippen molar-refractivity contribution in [1.82, 2.24) is 10.2 Å². The van der Waals surface area contributed by atoms with Gasteiger partial charge in [-0.1, -0.05) is 26.0 Å². The van der Waals surface area contributed by atoms with Crippen LogP contribution in [0.15, 0.2) is 35.5 Å². The lowest BCUT2D eigenvalue weighted by Gasteiger charge is -2.35. The van der Waals surface area contributed by atoms with Crippen molar-refractivity contribution in [2.45, 2.75) is 33.2 Å². The predicted molar refractivity (Wildman–Crippen MR) is 99.9 cm³/mol. The van der Waals surface area contributed by atoms with Gasteiger partial charge in [0.15, 0.2) is 0 Å². The van der Waals surface area contributed by atoms with E-state index >= 15 is 0 Å². The molecule has 1 aromatic carbocycles. The van der Waals surface area contributed by atoms with Crippen LogP contribution in [-0.2, 0) is 14.3 Å². The number of methoxy groups -OCH3 is 2. The molecule has 1 N–H and O–H groups in total. The maximum Gasteiger partial charge on any atom is 0.337 e. The first kappa shape index (κ1) is 20.5. The highest BCUT2D eigenvalue weighted by molar-refractivity contribution is 5.95. The number of esters is 2. The number of nitrogens with one attached hydrogen (secondary N) is 1. The molecule has 7 nitrogen and oxygen atoms in total. The number of nitrogens with zero attached hydrogens (tertiary/aromatic N) is 1. The number of hydrogen-bond donors (Lipinski definition) is 1. The van der Waals surface area contributed by atoms with E-state index in [1.807, 2.05) is 0 Å². The second-order valence-electron chi connectivity index (χ2n) is 6.82. The summed E-state index contributed by atoms with van der Waals surface area (Å²) >= 11 is 0. The van der Waals surface area contributed by atoms with Gasteiger partial charge in [-0.3, -0.25) is 4.90 Å². The number of ether oxygens (including phenoxy) is 2. The van der Waals surface area contributed by atoms with Crippen molar-refractivity contribution in [3.05, 3.63) is 46.7 Å². The number of allylic oxidation sites excluding steroid dienone is 1. The lowest BCUT2D eigenvalue weighted by molar-refractivity contribution is -0.136. The molecule has 2 rings (SSSR count). The lowest BCUT2D eigenvalue weighted by Crippen LogP contribution is -2.48. The summed E-state index contributed by atoms with van der Waals surface area (Å²) < 4.78 is 9.65.